The first-order valence-corrected chi connectivity index (χ1v) is 5.35. The molecule has 0 bridgehead atoms. The minimum absolute atomic E-state index is 0. The summed E-state index contributed by atoms with van der Waals surface area (Å²) in [7, 11) is 0. The van der Waals surface area contributed by atoms with Crippen LogP contribution in [0, 0.1) is 5.92 Å². The van der Waals surface area contributed by atoms with Crippen LogP contribution < -0.4 is 34.7 Å². The summed E-state index contributed by atoms with van der Waals surface area (Å²) in [6.07, 6.45) is 1.40. The van der Waals surface area contributed by atoms with E-state index in [-0.39, 0.29) is 47.2 Å². The van der Waals surface area contributed by atoms with E-state index in [1.165, 1.54) is 17.9 Å². The second kappa shape index (κ2) is 5.42. The van der Waals surface area contributed by atoms with Gasteiger partial charge >= 0.3 is 35.5 Å². The topological polar surface area (TPSA) is 86.7 Å². The van der Waals surface area contributed by atoms with Gasteiger partial charge in [0, 0.05) is 6.92 Å². The third-order valence-corrected chi connectivity index (χ3v) is 3.15. The third-order valence-electron chi connectivity index (χ3n) is 3.15. The summed E-state index contributed by atoms with van der Waals surface area (Å²) in [5, 5.41) is 10.7. The molecular formula is C11H12NNaO5. The van der Waals surface area contributed by atoms with Gasteiger partial charge in [0.05, 0.1) is 23.6 Å². The van der Waals surface area contributed by atoms with Gasteiger partial charge in [-0.3, -0.25) is 9.59 Å². The Balaban J connectivity index is 0.00000162. The molecule has 0 aliphatic carbocycles. The first-order chi connectivity index (χ1) is 7.93. The molecule has 0 N–H and O–H groups in total. The average molecular weight is 261 g/mol. The summed E-state index contributed by atoms with van der Waals surface area (Å²) in [5.41, 5.74) is -0.0775. The van der Waals surface area contributed by atoms with Crippen molar-refractivity contribution < 1.29 is 53.8 Å². The van der Waals surface area contributed by atoms with Gasteiger partial charge in [-0.25, -0.2) is 0 Å². The van der Waals surface area contributed by atoms with Crippen molar-refractivity contribution in [1.29, 1.82) is 0 Å². The second-order valence-corrected chi connectivity index (χ2v) is 4.23. The summed E-state index contributed by atoms with van der Waals surface area (Å²) in [6.45, 7) is 2.91. The molecule has 92 valence electrons. The number of aliphatic carboxylic acids is 1. The first-order valence-electron chi connectivity index (χ1n) is 5.35. The van der Waals surface area contributed by atoms with Crippen molar-refractivity contribution in [2.24, 2.45) is 5.92 Å². The number of carbonyl (C=O) groups is 3. The summed E-state index contributed by atoms with van der Waals surface area (Å²) in [4.78, 5) is 34.5. The number of hydrogen-bond acceptors (Lipinski definition) is 5. The molecule has 1 fully saturated rings. The molecule has 1 amide bonds. The first kappa shape index (κ1) is 15.2. The fourth-order valence-corrected chi connectivity index (χ4v) is 2.48. The SMILES string of the molecule is CC(=O)OC(C)C1C(=O)N2C(C(=O)[O-])=CCC12.[Na+]. The van der Waals surface area contributed by atoms with E-state index in [0.717, 1.165) is 0 Å². The number of hydrogen-bond donors (Lipinski definition) is 0. The van der Waals surface area contributed by atoms with Crippen LogP contribution in [0.5, 0.6) is 0 Å². The Morgan fingerprint density at radius 2 is 2.17 bits per heavy atom. The van der Waals surface area contributed by atoms with Gasteiger partial charge in [0.1, 0.15) is 6.10 Å². The monoisotopic (exact) mass is 261 g/mol. The molecule has 0 aromatic heterocycles. The molecule has 1 saturated heterocycles. The second-order valence-electron chi connectivity index (χ2n) is 4.23. The molecule has 7 heteroatoms. The molecule has 2 heterocycles. The molecule has 2 rings (SSSR count). The molecule has 2 aliphatic heterocycles. The van der Waals surface area contributed by atoms with E-state index in [4.69, 9.17) is 4.74 Å². The van der Waals surface area contributed by atoms with Crippen LogP contribution in [0.15, 0.2) is 11.8 Å². The Kier molecular flexibility index (Phi) is 4.58. The number of amides is 1. The number of carboxylic acid groups (broad SMARTS) is 1. The summed E-state index contributed by atoms with van der Waals surface area (Å²) >= 11 is 0. The maximum absolute atomic E-state index is 11.8. The average Bonchev–Trinajstić information content (AvgIpc) is 2.55. The Hall–Kier alpha value is -0.850. The van der Waals surface area contributed by atoms with Crippen molar-refractivity contribution in [1.82, 2.24) is 4.90 Å². The molecule has 3 atom stereocenters. The van der Waals surface area contributed by atoms with Gasteiger partial charge in [-0.1, -0.05) is 6.08 Å². The minimum atomic E-state index is -1.35. The fraction of sp³-hybridized carbons (Fsp3) is 0.545. The fourth-order valence-electron chi connectivity index (χ4n) is 2.48. The predicted octanol–water partition coefficient (Wildman–Crippen LogP) is -4.19. The number of rotatable bonds is 3. The standard InChI is InChI=1S/C11H13NO5.Na/c1-5(17-6(2)13)9-7-3-4-8(11(15)16)12(7)10(9)14;/h4-5,7,9H,3H2,1-2H3,(H,15,16);/q;+1/p-1. The van der Waals surface area contributed by atoms with Crippen LogP contribution in [-0.4, -0.2) is 34.9 Å². The smallest absolute Gasteiger partial charge is 0.543 e. The Morgan fingerprint density at radius 3 is 2.67 bits per heavy atom. The van der Waals surface area contributed by atoms with E-state index in [2.05, 4.69) is 0 Å². The van der Waals surface area contributed by atoms with Crippen LogP contribution >= 0.6 is 0 Å². The van der Waals surface area contributed by atoms with Crippen molar-refractivity contribution in [3.8, 4) is 0 Å². The predicted molar refractivity (Wildman–Crippen MR) is 53.1 cm³/mol. The van der Waals surface area contributed by atoms with Gasteiger partial charge < -0.3 is 19.5 Å². The number of carbonyl (C=O) groups excluding carboxylic acids is 3. The molecule has 0 spiro atoms. The number of esters is 1. The van der Waals surface area contributed by atoms with E-state index in [0.29, 0.717) is 6.42 Å². The van der Waals surface area contributed by atoms with Crippen LogP contribution in [0.25, 0.3) is 0 Å². The van der Waals surface area contributed by atoms with Crippen molar-refractivity contribution in [2.45, 2.75) is 32.4 Å². The number of β-lactam (4-membered cyclic amide) rings is 1. The quantitative estimate of drug-likeness (QED) is 0.292. The Morgan fingerprint density at radius 1 is 1.56 bits per heavy atom. The zero-order valence-corrected chi connectivity index (χ0v) is 12.5. The normalized spacial score (nSPS) is 26.4. The molecule has 0 aromatic carbocycles. The van der Waals surface area contributed by atoms with E-state index < -0.39 is 24.0 Å². The number of fused-ring (bicyclic) bond motifs is 1. The van der Waals surface area contributed by atoms with Crippen molar-refractivity contribution in [3.05, 3.63) is 11.8 Å². The number of ether oxygens (including phenoxy) is 1. The van der Waals surface area contributed by atoms with Gasteiger partial charge in [0.25, 0.3) is 0 Å². The van der Waals surface area contributed by atoms with Gasteiger partial charge in [-0.15, -0.1) is 0 Å². The van der Waals surface area contributed by atoms with Crippen molar-refractivity contribution in [2.75, 3.05) is 0 Å². The maximum atomic E-state index is 11.8. The van der Waals surface area contributed by atoms with Crippen molar-refractivity contribution in [3.63, 3.8) is 0 Å². The van der Waals surface area contributed by atoms with E-state index >= 15 is 0 Å². The van der Waals surface area contributed by atoms with Crippen LogP contribution in [0.1, 0.15) is 20.3 Å². The zero-order chi connectivity index (χ0) is 12.7. The largest absolute Gasteiger partial charge is 1.00 e. The van der Waals surface area contributed by atoms with Crippen LogP contribution in [-0.2, 0) is 19.1 Å². The molecule has 0 radical (unpaired) electrons. The van der Waals surface area contributed by atoms with E-state index in [1.807, 2.05) is 0 Å². The molecule has 3 unspecified atom stereocenters. The summed E-state index contributed by atoms with van der Waals surface area (Å²) in [5.74, 6) is -2.57. The molecule has 2 aliphatic rings. The van der Waals surface area contributed by atoms with E-state index in [9.17, 15) is 19.5 Å². The van der Waals surface area contributed by atoms with Crippen molar-refractivity contribution >= 4 is 17.8 Å². The Bertz CT molecular complexity index is 433. The molecule has 6 nitrogen and oxygen atoms in total. The third kappa shape index (κ3) is 2.32. The van der Waals surface area contributed by atoms with Gasteiger partial charge in [0.15, 0.2) is 0 Å². The summed E-state index contributed by atoms with van der Waals surface area (Å²) in [6, 6.07) is -0.218. The summed E-state index contributed by atoms with van der Waals surface area (Å²) < 4.78 is 4.96. The molecule has 0 saturated carbocycles. The van der Waals surface area contributed by atoms with Gasteiger partial charge in [0.2, 0.25) is 5.91 Å². The Labute approximate surface area is 126 Å². The van der Waals surface area contributed by atoms with E-state index in [1.54, 1.807) is 6.92 Å². The minimum Gasteiger partial charge on any atom is -0.543 e. The maximum Gasteiger partial charge on any atom is 1.00 e. The number of nitrogens with zero attached hydrogens (tertiary/aromatic N) is 1. The van der Waals surface area contributed by atoms with Gasteiger partial charge in [-0.2, -0.15) is 0 Å². The van der Waals surface area contributed by atoms with Crippen LogP contribution in [0.4, 0.5) is 0 Å². The number of carboxylic acids is 1. The van der Waals surface area contributed by atoms with Gasteiger partial charge in [-0.05, 0) is 13.3 Å². The molecule has 0 aromatic rings. The zero-order valence-electron chi connectivity index (χ0n) is 10.5. The van der Waals surface area contributed by atoms with Crippen LogP contribution in [0.2, 0.25) is 0 Å². The molecular weight excluding hydrogens is 249 g/mol. The molecule has 18 heavy (non-hydrogen) atoms. The van der Waals surface area contributed by atoms with Crippen LogP contribution in [0.3, 0.4) is 0 Å².